The Balaban J connectivity index is 1.71. The molecule has 0 spiro atoms. The first kappa shape index (κ1) is 19.6. The molecular formula is C23H18ClFN2OS. The minimum atomic E-state index is -0.233. The monoisotopic (exact) mass is 424 g/mol. The fourth-order valence-electron chi connectivity index (χ4n) is 2.97. The summed E-state index contributed by atoms with van der Waals surface area (Å²) >= 11 is 7.68. The topological polar surface area (TPSA) is 27.1 Å². The van der Waals surface area contributed by atoms with Crippen LogP contribution in [0.3, 0.4) is 0 Å². The molecular weight excluding hydrogens is 407 g/mol. The third-order valence-corrected chi connectivity index (χ3v) is 5.76. The molecule has 0 bridgehead atoms. The van der Waals surface area contributed by atoms with Crippen molar-refractivity contribution < 1.29 is 9.13 Å². The second-order valence-electron chi connectivity index (χ2n) is 6.38. The smallest absolute Gasteiger partial charge is 0.173 e. The number of methoxy groups -OCH3 is 1. The van der Waals surface area contributed by atoms with E-state index in [-0.39, 0.29) is 5.82 Å². The summed E-state index contributed by atoms with van der Waals surface area (Å²) in [6.07, 6.45) is 1.86. The number of hydrogen-bond donors (Lipinski definition) is 0. The van der Waals surface area contributed by atoms with Crippen LogP contribution in [0.25, 0.3) is 16.9 Å². The molecule has 146 valence electrons. The predicted molar refractivity (Wildman–Crippen MR) is 117 cm³/mol. The number of nitrogens with zero attached hydrogens (tertiary/aromatic N) is 2. The third-order valence-electron chi connectivity index (χ3n) is 4.48. The molecule has 0 fully saturated rings. The summed E-state index contributed by atoms with van der Waals surface area (Å²) in [5.74, 6) is 1.26. The second kappa shape index (κ2) is 8.72. The first-order valence-corrected chi connectivity index (χ1v) is 10.4. The zero-order valence-electron chi connectivity index (χ0n) is 15.7. The summed E-state index contributed by atoms with van der Waals surface area (Å²) < 4.78 is 20.5. The molecule has 0 atom stereocenters. The highest BCUT2D eigenvalue weighted by atomic mass is 35.5. The van der Waals surface area contributed by atoms with Crippen LogP contribution in [0.4, 0.5) is 4.39 Å². The van der Waals surface area contributed by atoms with Crippen molar-refractivity contribution in [1.29, 1.82) is 0 Å². The molecule has 4 rings (SSSR count). The lowest BCUT2D eigenvalue weighted by atomic mass is 10.1. The number of thioether (sulfide) groups is 1. The van der Waals surface area contributed by atoms with Gasteiger partial charge in [0.25, 0.3) is 0 Å². The van der Waals surface area contributed by atoms with Crippen molar-refractivity contribution in [3.63, 3.8) is 0 Å². The Kier molecular flexibility index (Phi) is 5.88. The third kappa shape index (κ3) is 4.47. The molecule has 1 heterocycles. The molecule has 0 saturated carbocycles. The van der Waals surface area contributed by atoms with E-state index in [9.17, 15) is 4.39 Å². The molecule has 0 aliphatic carbocycles. The van der Waals surface area contributed by atoms with Gasteiger partial charge < -0.3 is 4.74 Å². The van der Waals surface area contributed by atoms with Gasteiger partial charge in [0.2, 0.25) is 0 Å². The molecule has 29 heavy (non-hydrogen) atoms. The van der Waals surface area contributed by atoms with E-state index >= 15 is 0 Å². The van der Waals surface area contributed by atoms with Gasteiger partial charge in [0.15, 0.2) is 5.16 Å². The molecule has 0 radical (unpaired) electrons. The molecule has 0 N–H and O–H groups in total. The zero-order chi connectivity index (χ0) is 20.2. The Morgan fingerprint density at radius 2 is 1.66 bits per heavy atom. The van der Waals surface area contributed by atoms with Gasteiger partial charge in [0.1, 0.15) is 11.6 Å². The van der Waals surface area contributed by atoms with Gasteiger partial charge in [-0.1, -0.05) is 35.5 Å². The number of imidazole rings is 1. The number of halogens is 2. The molecule has 3 aromatic carbocycles. The maximum Gasteiger partial charge on any atom is 0.173 e. The highest BCUT2D eigenvalue weighted by Gasteiger charge is 2.14. The lowest BCUT2D eigenvalue weighted by Crippen LogP contribution is -1.99. The number of hydrogen-bond acceptors (Lipinski definition) is 3. The van der Waals surface area contributed by atoms with E-state index in [0.29, 0.717) is 10.8 Å². The van der Waals surface area contributed by atoms with Crippen LogP contribution >= 0.6 is 23.4 Å². The molecule has 1 aromatic heterocycles. The second-order valence-corrected chi connectivity index (χ2v) is 7.76. The molecule has 0 amide bonds. The van der Waals surface area contributed by atoms with E-state index in [1.54, 1.807) is 31.0 Å². The average molecular weight is 425 g/mol. The van der Waals surface area contributed by atoms with E-state index in [0.717, 1.165) is 33.4 Å². The van der Waals surface area contributed by atoms with Crippen molar-refractivity contribution >= 4 is 23.4 Å². The molecule has 6 heteroatoms. The standard InChI is InChI=1S/C23H18ClFN2OS/c1-28-21-12-4-17(5-13-21)22-14-26-23(27(22)20-10-6-18(24)7-11-20)29-15-16-2-8-19(25)9-3-16/h2-14H,15H2,1H3. The van der Waals surface area contributed by atoms with Crippen molar-refractivity contribution in [2.24, 2.45) is 0 Å². The Hall–Kier alpha value is -2.76. The van der Waals surface area contributed by atoms with Gasteiger partial charge in [-0.15, -0.1) is 0 Å². The number of benzene rings is 3. The van der Waals surface area contributed by atoms with Gasteiger partial charge in [0, 0.05) is 22.0 Å². The summed E-state index contributed by atoms with van der Waals surface area (Å²) in [5.41, 5.74) is 4.01. The van der Waals surface area contributed by atoms with E-state index in [2.05, 4.69) is 9.55 Å². The van der Waals surface area contributed by atoms with Gasteiger partial charge in [0.05, 0.1) is 19.0 Å². The van der Waals surface area contributed by atoms with Crippen molar-refractivity contribution in [3.8, 4) is 22.7 Å². The van der Waals surface area contributed by atoms with E-state index < -0.39 is 0 Å². The fraction of sp³-hybridized carbons (Fsp3) is 0.0870. The molecule has 0 saturated heterocycles. The van der Waals surface area contributed by atoms with Gasteiger partial charge >= 0.3 is 0 Å². The minimum absolute atomic E-state index is 0.233. The highest BCUT2D eigenvalue weighted by molar-refractivity contribution is 7.98. The summed E-state index contributed by atoms with van der Waals surface area (Å²) in [7, 11) is 1.65. The zero-order valence-corrected chi connectivity index (χ0v) is 17.3. The highest BCUT2D eigenvalue weighted by Crippen LogP contribution is 2.32. The molecule has 0 aliphatic heterocycles. The maximum atomic E-state index is 13.2. The SMILES string of the molecule is COc1ccc(-c2cnc(SCc3ccc(F)cc3)n2-c2ccc(Cl)cc2)cc1. The van der Waals surface area contributed by atoms with Crippen molar-refractivity contribution in [3.05, 3.63) is 95.4 Å². The van der Waals surface area contributed by atoms with Gasteiger partial charge in [-0.3, -0.25) is 4.57 Å². The Morgan fingerprint density at radius 1 is 0.966 bits per heavy atom. The predicted octanol–water partition coefficient (Wildman–Crippen LogP) is 6.63. The average Bonchev–Trinajstić information content (AvgIpc) is 3.18. The van der Waals surface area contributed by atoms with Crippen molar-refractivity contribution in [2.75, 3.05) is 7.11 Å². The minimum Gasteiger partial charge on any atom is -0.497 e. The summed E-state index contributed by atoms with van der Waals surface area (Å²) in [6, 6.07) is 22.1. The normalized spacial score (nSPS) is 10.9. The summed E-state index contributed by atoms with van der Waals surface area (Å²) in [5, 5.41) is 1.53. The largest absolute Gasteiger partial charge is 0.497 e. The van der Waals surface area contributed by atoms with Crippen molar-refractivity contribution in [2.45, 2.75) is 10.9 Å². The first-order valence-electron chi connectivity index (χ1n) is 8.99. The first-order chi connectivity index (χ1) is 14.1. The van der Waals surface area contributed by atoms with Gasteiger partial charge in [-0.25, -0.2) is 9.37 Å². The Labute approximate surface area is 178 Å². The quantitative estimate of drug-likeness (QED) is 0.325. The Morgan fingerprint density at radius 3 is 2.31 bits per heavy atom. The van der Waals surface area contributed by atoms with Crippen LogP contribution in [0.5, 0.6) is 5.75 Å². The molecule has 3 nitrogen and oxygen atoms in total. The van der Waals surface area contributed by atoms with E-state index in [4.69, 9.17) is 16.3 Å². The van der Waals surface area contributed by atoms with E-state index in [1.807, 2.05) is 54.7 Å². The molecule has 0 aliphatic rings. The van der Waals surface area contributed by atoms with Crippen LogP contribution in [-0.2, 0) is 5.75 Å². The number of ether oxygens (including phenoxy) is 1. The van der Waals surface area contributed by atoms with Crippen LogP contribution < -0.4 is 4.74 Å². The Bertz CT molecular complexity index is 1090. The van der Waals surface area contributed by atoms with Gasteiger partial charge in [-0.2, -0.15) is 0 Å². The van der Waals surface area contributed by atoms with Crippen LogP contribution in [0, 0.1) is 5.82 Å². The summed E-state index contributed by atoms with van der Waals surface area (Å²) in [6.45, 7) is 0. The van der Waals surface area contributed by atoms with Crippen molar-refractivity contribution in [1.82, 2.24) is 9.55 Å². The maximum absolute atomic E-state index is 13.2. The van der Waals surface area contributed by atoms with Gasteiger partial charge in [-0.05, 0) is 66.2 Å². The number of aromatic nitrogens is 2. The fourth-order valence-corrected chi connectivity index (χ4v) is 4.04. The molecule has 4 aromatic rings. The van der Waals surface area contributed by atoms with Crippen LogP contribution in [0.2, 0.25) is 5.02 Å². The lowest BCUT2D eigenvalue weighted by molar-refractivity contribution is 0.415. The number of rotatable bonds is 6. The van der Waals surface area contributed by atoms with Crippen LogP contribution in [0.1, 0.15) is 5.56 Å². The van der Waals surface area contributed by atoms with Crippen LogP contribution in [-0.4, -0.2) is 16.7 Å². The van der Waals surface area contributed by atoms with Crippen LogP contribution in [0.15, 0.2) is 84.1 Å². The summed E-state index contributed by atoms with van der Waals surface area (Å²) in [4.78, 5) is 4.65. The lowest BCUT2D eigenvalue weighted by Gasteiger charge is -2.13. The molecule has 0 unspecified atom stereocenters. The van der Waals surface area contributed by atoms with E-state index in [1.165, 1.54) is 12.1 Å².